The Morgan fingerprint density at radius 1 is 1.14 bits per heavy atom. The van der Waals surface area contributed by atoms with Gasteiger partial charge in [0.05, 0.1) is 18.4 Å². The van der Waals surface area contributed by atoms with Gasteiger partial charge in [-0.2, -0.15) is 10.1 Å². The van der Waals surface area contributed by atoms with Gasteiger partial charge in [-0.15, -0.1) is 0 Å². The topological polar surface area (TPSA) is 171 Å². The summed E-state index contributed by atoms with van der Waals surface area (Å²) in [5, 5.41) is 35.6. The van der Waals surface area contributed by atoms with Gasteiger partial charge >= 0.3 is 5.69 Å². The van der Waals surface area contributed by atoms with Crippen LogP contribution in [0.2, 0.25) is 0 Å². The second-order valence-electron chi connectivity index (χ2n) is 7.54. The normalized spacial score (nSPS) is 21.8. The standard InChI is InChI=1S/C22H21FN6O6/c23-14-4-1-12(2-5-14)9-25-28-16-6-3-13(10-24-16)20(33)26-17-7-8-29(22(34)27-17)21-19(32)18(31)15(11-30)35-21/h1-10,15,18-19,21,30-32H,11H2,(H,24,28)(H,26,27,33,34)/b25-9+/t15-,18-,19+,21-/m1/s1. The van der Waals surface area contributed by atoms with Crippen molar-refractivity contribution < 1.29 is 29.2 Å². The third kappa shape index (κ3) is 5.55. The van der Waals surface area contributed by atoms with E-state index in [4.69, 9.17) is 4.74 Å². The fourth-order valence-corrected chi connectivity index (χ4v) is 3.29. The van der Waals surface area contributed by atoms with Gasteiger partial charge < -0.3 is 25.4 Å². The Bertz CT molecular complexity index is 1270. The molecule has 0 spiro atoms. The summed E-state index contributed by atoms with van der Waals surface area (Å²) in [6.07, 6.45) is -1.06. The zero-order chi connectivity index (χ0) is 24.9. The molecule has 182 valence electrons. The summed E-state index contributed by atoms with van der Waals surface area (Å²) in [6, 6.07) is 10.1. The van der Waals surface area contributed by atoms with Crippen LogP contribution in [0.5, 0.6) is 0 Å². The van der Waals surface area contributed by atoms with Crippen LogP contribution >= 0.6 is 0 Å². The third-order valence-electron chi connectivity index (χ3n) is 5.15. The number of aromatic nitrogens is 3. The van der Waals surface area contributed by atoms with Gasteiger partial charge in [0, 0.05) is 12.4 Å². The number of carbonyl (C=O) groups excluding carboxylic acids is 1. The molecule has 1 amide bonds. The number of anilines is 2. The van der Waals surface area contributed by atoms with E-state index in [9.17, 15) is 29.3 Å². The summed E-state index contributed by atoms with van der Waals surface area (Å²) < 4.78 is 19.2. The van der Waals surface area contributed by atoms with E-state index in [1.54, 1.807) is 12.1 Å². The number of hydrogen-bond acceptors (Lipinski definition) is 10. The lowest BCUT2D eigenvalue weighted by molar-refractivity contribution is -0.0549. The molecular formula is C22H21FN6O6. The quantitative estimate of drug-likeness (QED) is 0.230. The second kappa shape index (κ2) is 10.5. The number of carbonyl (C=O) groups is 1. The number of aliphatic hydroxyl groups excluding tert-OH is 3. The first-order valence-electron chi connectivity index (χ1n) is 10.4. The Morgan fingerprint density at radius 3 is 2.54 bits per heavy atom. The van der Waals surface area contributed by atoms with Crippen LogP contribution in [0.25, 0.3) is 0 Å². The highest BCUT2D eigenvalue weighted by atomic mass is 19.1. The van der Waals surface area contributed by atoms with Crippen LogP contribution in [0.1, 0.15) is 22.1 Å². The van der Waals surface area contributed by atoms with Crippen LogP contribution in [0, 0.1) is 5.82 Å². The number of nitrogens with zero attached hydrogens (tertiary/aromatic N) is 4. The maximum atomic E-state index is 12.9. The Labute approximate surface area is 197 Å². The van der Waals surface area contributed by atoms with E-state index in [0.29, 0.717) is 11.4 Å². The minimum absolute atomic E-state index is 0.0471. The second-order valence-corrected chi connectivity index (χ2v) is 7.54. The number of halogens is 1. The lowest BCUT2D eigenvalue weighted by Gasteiger charge is -2.17. The van der Waals surface area contributed by atoms with Gasteiger partial charge in [-0.05, 0) is 35.9 Å². The summed E-state index contributed by atoms with van der Waals surface area (Å²) in [7, 11) is 0. The van der Waals surface area contributed by atoms with Crippen LogP contribution in [-0.4, -0.2) is 66.9 Å². The van der Waals surface area contributed by atoms with Crippen molar-refractivity contribution in [1.29, 1.82) is 0 Å². The summed E-state index contributed by atoms with van der Waals surface area (Å²) in [5.74, 6) is -0.607. The number of aliphatic hydroxyl groups is 3. The van der Waals surface area contributed by atoms with Crippen molar-refractivity contribution in [3.63, 3.8) is 0 Å². The predicted octanol–water partition coefficient (Wildman–Crippen LogP) is 0.0872. The third-order valence-corrected chi connectivity index (χ3v) is 5.15. The van der Waals surface area contributed by atoms with Crippen LogP contribution in [0.15, 0.2) is 64.8 Å². The molecule has 0 radical (unpaired) electrons. The molecule has 5 N–H and O–H groups in total. The van der Waals surface area contributed by atoms with Crippen molar-refractivity contribution in [1.82, 2.24) is 14.5 Å². The molecule has 0 aliphatic carbocycles. The molecule has 3 heterocycles. The molecule has 0 unspecified atom stereocenters. The highest BCUT2D eigenvalue weighted by Gasteiger charge is 2.43. The molecule has 12 nitrogen and oxygen atoms in total. The fraction of sp³-hybridized carbons (Fsp3) is 0.227. The van der Waals surface area contributed by atoms with Crippen LogP contribution < -0.4 is 16.4 Å². The maximum Gasteiger partial charge on any atom is 0.351 e. The zero-order valence-electron chi connectivity index (χ0n) is 18.0. The van der Waals surface area contributed by atoms with Crippen LogP contribution in [-0.2, 0) is 4.74 Å². The molecule has 1 aliphatic rings. The monoisotopic (exact) mass is 484 g/mol. The predicted molar refractivity (Wildman–Crippen MR) is 121 cm³/mol. The molecule has 1 aliphatic heterocycles. The van der Waals surface area contributed by atoms with Gasteiger partial charge in [-0.25, -0.2) is 14.2 Å². The lowest BCUT2D eigenvalue weighted by Crippen LogP contribution is -2.36. The van der Waals surface area contributed by atoms with Gasteiger partial charge in [0.15, 0.2) is 6.23 Å². The summed E-state index contributed by atoms with van der Waals surface area (Å²) in [5.41, 5.74) is 2.72. The van der Waals surface area contributed by atoms with E-state index >= 15 is 0 Å². The number of amides is 1. The summed E-state index contributed by atoms with van der Waals surface area (Å²) >= 11 is 0. The number of ether oxygens (including phenoxy) is 1. The van der Waals surface area contributed by atoms with Crippen molar-refractivity contribution >= 4 is 23.8 Å². The van der Waals surface area contributed by atoms with E-state index in [2.05, 4.69) is 25.8 Å². The molecule has 3 aromatic rings. The molecule has 1 saturated heterocycles. The van der Waals surface area contributed by atoms with Crippen molar-refractivity contribution in [3.8, 4) is 0 Å². The molecular weight excluding hydrogens is 463 g/mol. The molecule has 35 heavy (non-hydrogen) atoms. The SMILES string of the molecule is O=C(Nc1ccn([C@@H]2O[C@H](CO)[C@@H](O)[C@@H]2O)c(=O)n1)c1ccc(N/N=C/c2ccc(F)cc2)nc1. The Morgan fingerprint density at radius 2 is 1.91 bits per heavy atom. The van der Waals surface area contributed by atoms with Crippen LogP contribution in [0.3, 0.4) is 0 Å². The smallest absolute Gasteiger partial charge is 0.351 e. The number of hydrazone groups is 1. The number of rotatable bonds is 7. The number of nitrogens with one attached hydrogen (secondary N) is 2. The first-order valence-corrected chi connectivity index (χ1v) is 10.4. The summed E-state index contributed by atoms with van der Waals surface area (Å²) in [6.45, 7) is -0.534. The fourth-order valence-electron chi connectivity index (χ4n) is 3.29. The van der Waals surface area contributed by atoms with E-state index in [-0.39, 0.29) is 17.2 Å². The molecule has 1 aromatic carbocycles. The van der Waals surface area contributed by atoms with Gasteiger partial charge in [-0.3, -0.25) is 14.8 Å². The van der Waals surface area contributed by atoms with Crippen molar-refractivity contribution in [2.24, 2.45) is 5.10 Å². The van der Waals surface area contributed by atoms with E-state index in [1.165, 1.54) is 48.9 Å². The number of hydrogen-bond donors (Lipinski definition) is 5. The van der Waals surface area contributed by atoms with Gasteiger partial charge in [-0.1, -0.05) is 12.1 Å². The van der Waals surface area contributed by atoms with Crippen molar-refractivity contribution in [3.05, 3.63) is 82.3 Å². The molecule has 4 rings (SSSR count). The minimum atomic E-state index is -1.44. The van der Waals surface area contributed by atoms with Gasteiger partial charge in [0.1, 0.15) is 35.8 Å². The summed E-state index contributed by atoms with van der Waals surface area (Å²) in [4.78, 5) is 32.7. The largest absolute Gasteiger partial charge is 0.394 e. The van der Waals surface area contributed by atoms with Gasteiger partial charge in [0.25, 0.3) is 5.91 Å². The Kier molecular flexibility index (Phi) is 7.22. The number of pyridine rings is 1. The zero-order valence-corrected chi connectivity index (χ0v) is 18.0. The molecule has 0 bridgehead atoms. The molecule has 2 aromatic heterocycles. The molecule has 0 saturated carbocycles. The maximum absolute atomic E-state index is 12.9. The van der Waals surface area contributed by atoms with Crippen molar-refractivity contribution in [2.75, 3.05) is 17.3 Å². The molecule has 4 atom stereocenters. The van der Waals surface area contributed by atoms with Gasteiger partial charge in [0.2, 0.25) is 0 Å². The Balaban J connectivity index is 1.36. The average molecular weight is 484 g/mol. The van der Waals surface area contributed by atoms with E-state index in [0.717, 1.165) is 4.57 Å². The van der Waals surface area contributed by atoms with E-state index < -0.39 is 42.7 Å². The Hall–Kier alpha value is -4.04. The highest BCUT2D eigenvalue weighted by molar-refractivity contribution is 6.03. The van der Waals surface area contributed by atoms with E-state index in [1.807, 2.05) is 0 Å². The average Bonchev–Trinajstić information content (AvgIpc) is 3.14. The molecule has 1 fully saturated rings. The highest BCUT2D eigenvalue weighted by Crippen LogP contribution is 2.28. The number of benzene rings is 1. The lowest BCUT2D eigenvalue weighted by atomic mass is 10.1. The minimum Gasteiger partial charge on any atom is -0.394 e. The van der Waals surface area contributed by atoms with Crippen molar-refractivity contribution in [2.45, 2.75) is 24.5 Å². The first kappa shape index (κ1) is 24.1. The van der Waals surface area contributed by atoms with Crippen LogP contribution in [0.4, 0.5) is 16.0 Å². The first-order chi connectivity index (χ1) is 16.9. The molecule has 13 heteroatoms.